The topological polar surface area (TPSA) is 28.7 Å². The van der Waals surface area contributed by atoms with E-state index in [0.29, 0.717) is 0 Å². The van der Waals surface area contributed by atoms with Gasteiger partial charge in [0.1, 0.15) is 0 Å². The summed E-state index contributed by atoms with van der Waals surface area (Å²) in [6.07, 6.45) is 5.05. The molecule has 11 heavy (non-hydrogen) atoms. The van der Waals surface area contributed by atoms with Gasteiger partial charge in [-0.25, -0.2) is 0 Å². The van der Waals surface area contributed by atoms with Gasteiger partial charge >= 0.3 is 0 Å². The lowest BCUT2D eigenvalue weighted by molar-refractivity contribution is 0.510. The molecule has 56 valence electrons. The van der Waals surface area contributed by atoms with E-state index in [1.807, 2.05) is 24.5 Å². The Balaban J connectivity index is 2.28. The van der Waals surface area contributed by atoms with Crippen LogP contribution in [0.15, 0.2) is 24.5 Å². The van der Waals surface area contributed by atoms with E-state index in [0.717, 1.165) is 6.42 Å². The molecule has 1 heterocycles. The minimum absolute atomic E-state index is 0.0955. The van der Waals surface area contributed by atoms with E-state index in [1.165, 1.54) is 0 Å². The number of aromatic nitrogens is 1. The standard InChI is InChI=1S/C9H10N2/c1-9(6-8(9)7-10)11-4-2-3-5-11/h2-5,8H,6H2,1H3/t8-,9+/m0/s1. The molecule has 1 aliphatic carbocycles. The second-order valence-corrected chi connectivity index (χ2v) is 3.33. The number of rotatable bonds is 1. The van der Waals surface area contributed by atoms with Crippen molar-refractivity contribution in [1.82, 2.24) is 4.57 Å². The normalized spacial score (nSPS) is 34.7. The summed E-state index contributed by atoms with van der Waals surface area (Å²) in [5, 5.41) is 8.68. The molecule has 2 heteroatoms. The molecule has 0 aromatic carbocycles. The van der Waals surface area contributed by atoms with E-state index in [2.05, 4.69) is 17.6 Å². The molecule has 1 aromatic heterocycles. The monoisotopic (exact) mass is 146 g/mol. The Bertz CT molecular complexity index is 294. The fourth-order valence-corrected chi connectivity index (χ4v) is 1.50. The van der Waals surface area contributed by atoms with Gasteiger partial charge in [-0.3, -0.25) is 0 Å². The molecular weight excluding hydrogens is 136 g/mol. The van der Waals surface area contributed by atoms with Crippen LogP contribution in [0.3, 0.4) is 0 Å². The Morgan fingerprint density at radius 2 is 2.18 bits per heavy atom. The molecular formula is C9H10N2. The van der Waals surface area contributed by atoms with E-state index >= 15 is 0 Å². The second-order valence-electron chi connectivity index (χ2n) is 3.33. The van der Waals surface area contributed by atoms with Crippen LogP contribution < -0.4 is 0 Å². The van der Waals surface area contributed by atoms with Crippen molar-refractivity contribution >= 4 is 0 Å². The molecule has 1 saturated carbocycles. The molecule has 0 saturated heterocycles. The first-order valence-electron chi connectivity index (χ1n) is 3.80. The molecule has 2 atom stereocenters. The summed E-state index contributed by atoms with van der Waals surface area (Å²) in [5.41, 5.74) is 0.0955. The molecule has 2 nitrogen and oxygen atoms in total. The van der Waals surface area contributed by atoms with Crippen LogP contribution in [-0.4, -0.2) is 4.57 Å². The van der Waals surface area contributed by atoms with Gasteiger partial charge in [-0.05, 0) is 25.5 Å². The van der Waals surface area contributed by atoms with Gasteiger partial charge in [0.15, 0.2) is 0 Å². The molecule has 1 aliphatic rings. The molecule has 0 amide bonds. The van der Waals surface area contributed by atoms with E-state index in [4.69, 9.17) is 5.26 Å². The smallest absolute Gasteiger partial charge is 0.0719 e. The number of hydrogen-bond donors (Lipinski definition) is 0. The zero-order valence-corrected chi connectivity index (χ0v) is 6.49. The maximum Gasteiger partial charge on any atom is 0.0719 e. The van der Waals surface area contributed by atoms with Gasteiger partial charge in [0.25, 0.3) is 0 Å². The summed E-state index contributed by atoms with van der Waals surface area (Å²) in [7, 11) is 0. The average molecular weight is 146 g/mol. The molecule has 0 radical (unpaired) electrons. The lowest BCUT2D eigenvalue weighted by atomic mass is 10.2. The van der Waals surface area contributed by atoms with Crippen molar-refractivity contribution in [2.45, 2.75) is 18.9 Å². The average Bonchev–Trinajstić information content (AvgIpc) is 2.55. The highest BCUT2D eigenvalue weighted by molar-refractivity contribution is 5.16. The second kappa shape index (κ2) is 1.88. The van der Waals surface area contributed by atoms with Gasteiger partial charge in [-0.2, -0.15) is 5.26 Å². The third-order valence-corrected chi connectivity index (χ3v) is 2.56. The third-order valence-electron chi connectivity index (χ3n) is 2.56. The number of nitrogens with zero attached hydrogens (tertiary/aromatic N) is 2. The van der Waals surface area contributed by atoms with Gasteiger partial charge in [-0.1, -0.05) is 0 Å². The summed E-state index contributed by atoms with van der Waals surface area (Å²) in [4.78, 5) is 0. The number of nitriles is 1. The van der Waals surface area contributed by atoms with Crippen LogP contribution in [0.25, 0.3) is 0 Å². The maximum atomic E-state index is 8.68. The Morgan fingerprint density at radius 3 is 2.64 bits per heavy atom. The highest BCUT2D eigenvalue weighted by Gasteiger charge is 2.51. The van der Waals surface area contributed by atoms with Gasteiger partial charge in [0.05, 0.1) is 17.5 Å². The van der Waals surface area contributed by atoms with Crippen molar-refractivity contribution < 1.29 is 0 Å². The summed E-state index contributed by atoms with van der Waals surface area (Å²) in [6.45, 7) is 2.13. The lowest BCUT2D eigenvalue weighted by Gasteiger charge is -2.10. The zero-order valence-electron chi connectivity index (χ0n) is 6.49. The zero-order chi connectivity index (χ0) is 7.90. The predicted octanol–water partition coefficient (Wildman–Crippen LogP) is 1.75. The summed E-state index contributed by atoms with van der Waals surface area (Å²) >= 11 is 0. The Hall–Kier alpha value is -1.23. The molecule has 0 aliphatic heterocycles. The van der Waals surface area contributed by atoms with Crippen molar-refractivity contribution in [3.63, 3.8) is 0 Å². The summed E-state index contributed by atoms with van der Waals surface area (Å²) in [5.74, 6) is 0.217. The predicted molar refractivity (Wildman–Crippen MR) is 41.8 cm³/mol. The van der Waals surface area contributed by atoms with Crippen LogP contribution in [0.1, 0.15) is 13.3 Å². The molecule has 0 bridgehead atoms. The number of hydrogen-bond acceptors (Lipinski definition) is 1. The van der Waals surface area contributed by atoms with E-state index in [9.17, 15) is 0 Å². The first-order chi connectivity index (χ1) is 5.27. The van der Waals surface area contributed by atoms with E-state index < -0.39 is 0 Å². The van der Waals surface area contributed by atoms with Gasteiger partial charge < -0.3 is 4.57 Å². The van der Waals surface area contributed by atoms with Crippen LogP contribution in [0.4, 0.5) is 0 Å². The van der Waals surface area contributed by atoms with Crippen LogP contribution in [-0.2, 0) is 5.54 Å². The fourth-order valence-electron chi connectivity index (χ4n) is 1.50. The van der Waals surface area contributed by atoms with Gasteiger partial charge in [0, 0.05) is 12.4 Å². The van der Waals surface area contributed by atoms with Gasteiger partial charge in [-0.15, -0.1) is 0 Å². The van der Waals surface area contributed by atoms with E-state index in [1.54, 1.807) is 0 Å². The molecule has 0 unspecified atom stereocenters. The Labute approximate surface area is 66.1 Å². The van der Waals surface area contributed by atoms with Crippen LogP contribution in [0, 0.1) is 17.2 Å². The van der Waals surface area contributed by atoms with Crippen molar-refractivity contribution in [3.8, 4) is 6.07 Å². The van der Waals surface area contributed by atoms with E-state index in [-0.39, 0.29) is 11.5 Å². The molecule has 0 spiro atoms. The minimum Gasteiger partial charge on any atom is -0.347 e. The Kier molecular flexibility index (Phi) is 1.11. The summed E-state index contributed by atoms with van der Waals surface area (Å²) < 4.78 is 2.13. The fraction of sp³-hybridized carbons (Fsp3) is 0.444. The first-order valence-corrected chi connectivity index (χ1v) is 3.80. The van der Waals surface area contributed by atoms with Crippen molar-refractivity contribution in [1.29, 1.82) is 5.26 Å². The lowest BCUT2D eigenvalue weighted by Crippen LogP contribution is -2.12. The minimum atomic E-state index is 0.0955. The van der Waals surface area contributed by atoms with Gasteiger partial charge in [0.2, 0.25) is 0 Å². The van der Waals surface area contributed by atoms with Crippen molar-refractivity contribution in [3.05, 3.63) is 24.5 Å². The summed E-state index contributed by atoms with van der Waals surface area (Å²) in [6, 6.07) is 6.29. The molecule has 2 rings (SSSR count). The van der Waals surface area contributed by atoms with Crippen LogP contribution in [0.5, 0.6) is 0 Å². The third kappa shape index (κ3) is 0.775. The van der Waals surface area contributed by atoms with Crippen molar-refractivity contribution in [2.24, 2.45) is 5.92 Å². The van der Waals surface area contributed by atoms with Crippen LogP contribution >= 0.6 is 0 Å². The molecule has 0 N–H and O–H groups in total. The van der Waals surface area contributed by atoms with Crippen LogP contribution in [0.2, 0.25) is 0 Å². The first kappa shape index (κ1) is 6.48. The quantitative estimate of drug-likeness (QED) is 0.593. The highest BCUT2D eigenvalue weighted by Crippen LogP contribution is 2.49. The Morgan fingerprint density at radius 1 is 1.55 bits per heavy atom. The molecule has 1 fully saturated rings. The SMILES string of the molecule is C[C@@]1(n2cccc2)C[C@H]1C#N. The van der Waals surface area contributed by atoms with Crippen molar-refractivity contribution in [2.75, 3.05) is 0 Å². The maximum absolute atomic E-state index is 8.68. The highest BCUT2D eigenvalue weighted by atomic mass is 15.1. The largest absolute Gasteiger partial charge is 0.347 e. The molecule has 1 aromatic rings.